The minimum Gasteiger partial charge on any atom is -0.351 e. The van der Waals surface area contributed by atoms with Crippen molar-refractivity contribution in [1.82, 2.24) is 14.6 Å². The number of sulfonamides is 1. The molecule has 0 saturated carbocycles. The second-order valence-corrected chi connectivity index (χ2v) is 8.75. The molecule has 4 rings (SSSR count). The minimum atomic E-state index is -3.74. The van der Waals surface area contributed by atoms with Gasteiger partial charge in [0.05, 0.1) is 4.90 Å². The Kier molecular flexibility index (Phi) is 5.11. The van der Waals surface area contributed by atoms with Crippen molar-refractivity contribution >= 4 is 26.7 Å². The number of pyridine rings is 1. The van der Waals surface area contributed by atoms with Gasteiger partial charge in [0.25, 0.3) is 0 Å². The lowest BCUT2D eigenvalue weighted by atomic mass is 10.1. The summed E-state index contributed by atoms with van der Waals surface area (Å²) in [6.45, 7) is 0.699. The van der Waals surface area contributed by atoms with E-state index < -0.39 is 16.1 Å². The normalized spacial score (nSPS) is 17.6. The fourth-order valence-electron chi connectivity index (χ4n) is 3.56. The molecule has 1 atom stereocenters. The smallest absolute Gasteiger partial charge is 0.243 e. The van der Waals surface area contributed by atoms with E-state index >= 15 is 0 Å². The highest BCUT2D eigenvalue weighted by Gasteiger charge is 2.39. The number of carbonyl (C=O) groups excluding carboxylic acids is 1. The van der Waals surface area contributed by atoms with Crippen molar-refractivity contribution in [3.8, 4) is 0 Å². The van der Waals surface area contributed by atoms with Crippen molar-refractivity contribution in [3.05, 3.63) is 72.6 Å². The lowest BCUT2D eigenvalue weighted by Gasteiger charge is -2.23. The highest BCUT2D eigenvalue weighted by Crippen LogP contribution is 2.28. The zero-order chi connectivity index (χ0) is 19.6. The standard InChI is InChI=1S/C21H21N3O3S/c25-21(23-15-16-9-11-22-12-10-16)20-6-3-13-24(20)28(26,27)19-8-7-17-4-1-2-5-18(17)14-19/h1-2,4-5,7-12,14,20H,3,6,13,15H2,(H,23,25). The van der Waals surface area contributed by atoms with Crippen molar-refractivity contribution in [2.24, 2.45) is 0 Å². The number of carbonyl (C=O) groups is 1. The van der Waals surface area contributed by atoms with E-state index in [0.717, 1.165) is 16.3 Å². The summed E-state index contributed by atoms with van der Waals surface area (Å²) >= 11 is 0. The van der Waals surface area contributed by atoms with Gasteiger partial charge in [0.15, 0.2) is 0 Å². The Hall–Kier alpha value is -2.77. The van der Waals surface area contributed by atoms with Crippen LogP contribution in [0.4, 0.5) is 0 Å². The molecule has 1 aliphatic heterocycles. The Labute approximate surface area is 164 Å². The molecule has 7 heteroatoms. The first-order chi connectivity index (χ1) is 13.6. The Morgan fingerprint density at radius 1 is 1.07 bits per heavy atom. The maximum absolute atomic E-state index is 13.2. The van der Waals surface area contributed by atoms with Crippen LogP contribution in [0.5, 0.6) is 0 Å². The number of fused-ring (bicyclic) bond motifs is 1. The molecule has 144 valence electrons. The summed E-state index contributed by atoms with van der Waals surface area (Å²) in [7, 11) is -3.74. The number of aromatic nitrogens is 1. The van der Waals surface area contributed by atoms with Gasteiger partial charge in [0, 0.05) is 25.5 Å². The van der Waals surface area contributed by atoms with Gasteiger partial charge in [-0.05, 0) is 53.4 Å². The predicted octanol–water partition coefficient (Wildman–Crippen LogP) is 2.70. The summed E-state index contributed by atoms with van der Waals surface area (Å²) in [5.41, 5.74) is 0.922. The molecule has 2 aromatic carbocycles. The van der Waals surface area contributed by atoms with Gasteiger partial charge < -0.3 is 5.32 Å². The highest BCUT2D eigenvalue weighted by atomic mass is 32.2. The van der Waals surface area contributed by atoms with Crippen molar-refractivity contribution in [1.29, 1.82) is 0 Å². The molecule has 0 spiro atoms. The SMILES string of the molecule is O=C(NCc1ccncc1)C1CCCN1S(=O)(=O)c1ccc2ccccc2c1. The third-order valence-electron chi connectivity index (χ3n) is 5.05. The first kappa shape index (κ1) is 18.6. The molecule has 0 aliphatic carbocycles. The number of hydrogen-bond acceptors (Lipinski definition) is 4. The molecule has 3 aromatic rings. The first-order valence-corrected chi connectivity index (χ1v) is 10.7. The van der Waals surface area contributed by atoms with Crippen molar-refractivity contribution in [2.45, 2.75) is 30.3 Å². The molecule has 1 unspecified atom stereocenters. The second-order valence-electron chi connectivity index (χ2n) is 6.86. The molecule has 6 nitrogen and oxygen atoms in total. The molecule has 1 amide bonds. The first-order valence-electron chi connectivity index (χ1n) is 9.23. The van der Waals surface area contributed by atoms with Gasteiger partial charge >= 0.3 is 0 Å². The number of amides is 1. The summed E-state index contributed by atoms with van der Waals surface area (Å²) in [4.78, 5) is 16.9. The predicted molar refractivity (Wildman–Crippen MR) is 107 cm³/mol. The zero-order valence-electron chi connectivity index (χ0n) is 15.3. The third kappa shape index (κ3) is 3.63. The molecule has 1 aliphatic rings. The van der Waals surface area contributed by atoms with Crippen LogP contribution in [0.1, 0.15) is 18.4 Å². The second kappa shape index (κ2) is 7.69. The number of nitrogens with one attached hydrogen (secondary N) is 1. The lowest BCUT2D eigenvalue weighted by Crippen LogP contribution is -2.45. The van der Waals surface area contributed by atoms with E-state index in [9.17, 15) is 13.2 Å². The summed E-state index contributed by atoms with van der Waals surface area (Å²) in [5.74, 6) is -0.265. The quantitative estimate of drug-likeness (QED) is 0.720. The van der Waals surface area contributed by atoms with Gasteiger partial charge in [-0.15, -0.1) is 0 Å². The minimum absolute atomic E-state index is 0.222. The maximum Gasteiger partial charge on any atom is 0.243 e. The van der Waals surface area contributed by atoms with Gasteiger partial charge in [-0.2, -0.15) is 4.31 Å². The van der Waals surface area contributed by atoms with E-state index in [1.807, 2.05) is 36.4 Å². The molecular formula is C21H21N3O3S. The summed E-state index contributed by atoms with van der Waals surface area (Å²) in [6.07, 6.45) is 4.51. The van der Waals surface area contributed by atoms with E-state index in [1.54, 1.807) is 30.6 Å². The Morgan fingerprint density at radius 2 is 1.82 bits per heavy atom. The average Bonchev–Trinajstić information content (AvgIpc) is 3.23. The van der Waals surface area contributed by atoms with Crippen LogP contribution in [0.25, 0.3) is 10.8 Å². The van der Waals surface area contributed by atoms with Gasteiger partial charge in [0.2, 0.25) is 15.9 Å². The number of rotatable bonds is 5. The third-order valence-corrected chi connectivity index (χ3v) is 6.95. The van der Waals surface area contributed by atoms with Crippen molar-refractivity contribution in [2.75, 3.05) is 6.54 Å². The van der Waals surface area contributed by atoms with E-state index in [2.05, 4.69) is 10.3 Å². The van der Waals surface area contributed by atoms with E-state index in [1.165, 1.54) is 4.31 Å². The molecule has 0 radical (unpaired) electrons. The zero-order valence-corrected chi connectivity index (χ0v) is 16.1. The van der Waals surface area contributed by atoms with Crippen molar-refractivity contribution < 1.29 is 13.2 Å². The Balaban J connectivity index is 1.54. The molecular weight excluding hydrogens is 374 g/mol. The van der Waals surface area contributed by atoms with Crippen LogP contribution in [0, 0.1) is 0 Å². The van der Waals surface area contributed by atoms with Crippen LogP contribution in [0.15, 0.2) is 71.9 Å². The van der Waals surface area contributed by atoms with Crippen LogP contribution in [-0.2, 0) is 21.4 Å². The molecule has 1 N–H and O–H groups in total. The largest absolute Gasteiger partial charge is 0.351 e. The van der Waals surface area contributed by atoms with Gasteiger partial charge in [-0.25, -0.2) is 8.42 Å². The topological polar surface area (TPSA) is 79.4 Å². The van der Waals surface area contributed by atoms with Gasteiger partial charge in [0.1, 0.15) is 6.04 Å². The van der Waals surface area contributed by atoms with Gasteiger partial charge in [-0.1, -0.05) is 30.3 Å². The number of nitrogens with zero attached hydrogens (tertiary/aromatic N) is 2. The monoisotopic (exact) mass is 395 g/mol. The molecule has 1 fully saturated rings. The molecule has 2 heterocycles. The lowest BCUT2D eigenvalue weighted by molar-refractivity contribution is -0.124. The van der Waals surface area contributed by atoms with Crippen LogP contribution in [-0.4, -0.2) is 36.2 Å². The number of benzene rings is 2. The molecule has 1 aromatic heterocycles. The molecule has 1 saturated heterocycles. The summed E-state index contributed by atoms with van der Waals surface area (Å²) < 4.78 is 27.7. The van der Waals surface area contributed by atoms with E-state index in [-0.39, 0.29) is 10.8 Å². The maximum atomic E-state index is 13.2. The molecule has 28 heavy (non-hydrogen) atoms. The molecule has 0 bridgehead atoms. The Bertz CT molecular complexity index is 1100. The van der Waals surface area contributed by atoms with Gasteiger partial charge in [-0.3, -0.25) is 9.78 Å². The van der Waals surface area contributed by atoms with Crippen LogP contribution >= 0.6 is 0 Å². The summed E-state index contributed by atoms with van der Waals surface area (Å²) in [5, 5.41) is 4.69. The number of hydrogen-bond donors (Lipinski definition) is 1. The summed E-state index contributed by atoms with van der Waals surface area (Å²) in [6, 6.07) is 15.7. The Morgan fingerprint density at radius 3 is 2.61 bits per heavy atom. The van der Waals surface area contributed by atoms with E-state index in [0.29, 0.717) is 25.9 Å². The fraction of sp³-hybridized carbons (Fsp3) is 0.238. The van der Waals surface area contributed by atoms with E-state index in [4.69, 9.17) is 0 Å². The van der Waals surface area contributed by atoms with Crippen LogP contribution in [0.3, 0.4) is 0 Å². The average molecular weight is 395 g/mol. The van der Waals surface area contributed by atoms with Crippen molar-refractivity contribution in [3.63, 3.8) is 0 Å². The van der Waals surface area contributed by atoms with Crippen LogP contribution < -0.4 is 5.32 Å². The highest BCUT2D eigenvalue weighted by molar-refractivity contribution is 7.89. The van der Waals surface area contributed by atoms with Crippen LogP contribution in [0.2, 0.25) is 0 Å². The fourth-order valence-corrected chi connectivity index (χ4v) is 5.25.